The van der Waals surface area contributed by atoms with Crippen LogP contribution >= 0.6 is 0 Å². The van der Waals surface area contributed by atoms with Gasteiger partial charge in [-0.25, -0.2) is 0 Å². The smallest absolute Gasteiger partial charge is 0.00696 e. The van der Waals surface area contributed by atoms with E-state index >= 15 is 0 Å². The Morgan fingerprint density at radius 3 is 1.77 bits per heavy atom. The first kappa shape index (κ1) is 22.5. The van der Waals surface area contributed by atoms with Gasteiger partial charge in [0, 0.05) is 0 Å². The predicted octanol–water partition coefficient (Wildman–Crippen LogP) is 8.66. The lowest BCUT2D eigenvalue weighted by molar-refractivity contribution is 0.577. The van der Waals surface area contributed by atoms with Gasteiger partial charge in [-0.2, -0.15) is 0 Å². The monoisotopic (exact) mass is 352 g/mol. The van der Waals surface area contributed by atoms with E-state index in [2.05, 4.69) is 59.6 Å². The fourth-order valence-corrected chi connectivity index (χ4v) is 3.51. The van der Waals surface area contributed by atoms with Gasteiger partial charge in [-0.1, -0.05) is 68.5 Å². The second-order valence-electron chi connectivity index (χ2n) is 8.21. The highest BCUT2D eigenvalue weighted by Gasteiger charge is 2.07. The molecule has 0 amide bonds. The van der Waals surface area contributed by atoms with Gasteiger partial charge in [0.25, 0.3) is 0 Å². The molecule has 0 unspecified atom stereocenters. The molecule has 0 aliphatic rings. The molecule has 1 aromatic rings. The molecule has 0 aliphatic carbocycles. The molecule has 0 nitrogen and oxygen atoms in total. The summed E-state index contributed by atoms with van der Waals surface area (Å²) in [4.78, 5) is 0. The average molecular weight is 353 g/mol. The molecule has 0 N–H and O–H groups in total. The molecule has 0 fully saturated rings. The zero-order chi connectivity index (χ0) is 19.5. The highest BCUT2D eigenvalue weighted by Crippen LogP contribution is 2.27. The van der Waals surface area contributed by atoms with Crippen molar-refractivity contribution in [2.75, 3.05) is 0 Å². The average Bonchev–Trinajstić information content (AvgIpc) is 2.56. The molecular formula is C26H40. The fourth-order valence-electron chi connectivity index (χ4n) is 3.51. The molecule has 0 saturated heterocycles. The van der Waals surface area contributed by atoms with E-state index in [1.165, 1.54) is 90.3 Å². The van der Waals surface area contributed by atoms with Crippen molar-refractivity contribution in [3.8, 4) is 0 Å². The summed E-state index contributed by atoms with van der Waals surface area (Å²) < 4.78 is 0. The van der Waals surface area contributed by atoms with Crippen molar-refractivity contribution in [2.24, 2.45) is 0 Å². The van der Waals surface area contributed by atoms with Crippen LogP contribution in [0, 0.1) is 20.8 Å². The summed E-state index contributed by atoms with van der Waals surface area (Å²) in [6, 6.07) is 4.56. The van der Waals surface area contributed by atoms with Crippen LogP contribution in [0.15, 0.2) is 43.0 Å². The van der Waals surface area contributed by atoms with Crippen LogP contribution in [0.25, 0.3) is 5.57 Å². The molecule has 0 heteroatoms. The topological polar surface area (TPSA) is 0 Å². The van der Waals surface area contributed by atoms with Gasteiger partial charge in [0.2, 0.25) is 0 Å². The first-order chi connectivity index (χ1) is 12.3. The van der Waals surface area contributed by atoms with Crippen LogP contribution in [0.3, 0.4) is 0 Å². The highest BCUT2D eigenvalue weighted by atomic mass is 14.1. The first-order valence-electron chi connectivity index (χ1n) is 10.4. The number of hydrogen-bond donors (Lipinski definition) is 0. The maximum absolute atomic E-state index is 4.33. The minimum Gasteiger partial charge on any atom is -0.100 e. The molecule has 0 aliphatic heterocycles. The molecule has 144 valence electrons. The van der Waals surface area contributed by atoms with Gasteiger partial charge in [-0.15, -0.1) is 6.58 Å². The Balaban J connectivity index is 2.20. The normalized spacial score (nSPS) is 10.8. The number of hydrogen-bond acceptors (Lipinski definition) is 0. The molecule has 0 bridgehead atoms. The third kappa shape index (κ3) is 8.70. The molecule has 0 spiro atoms. The molecule has 0 atom stereocenters. The zero-order valence-corrected chi connectivity index (χ0v) is 17.8. The van der Waals surface area contributed by atoms with E-state index in [1.807, 2.05) is 0 Å². The van der Waals surface area contributed by atoms with Crippen molar-refractivity contribution in [1.29, 1.82) is 0 Å². The zero-order valence-electron chi connectivity index (χ0n) is 17.8. The summed E-state index contributed by atoms with van der Waals surface area (Å²) in [5.74, 6) is 0. The molecule has 1 rings (SSSR count). The SMILES string of the molecule is C=C(C)CCCCCCCCCC(=C)CC(=C)c1cc(C)c(C)cc1C. The third-order valence-electron chi connectivity index (χ3n) is 5.32. The van der Waals surface area contributed by atoms with Crippen LogP contribution in [0.2, 0.25) is 0 Å². The minimum absolute atomic E-state index is 0.935. The number of aryl methyl sites for hydroxylation is 3. The lowest BCUT2D eigenvalue weighted by atomic mass is 9.91. The lowest BCUT2D eigenvalue weighted by Gasteiger charge is -2.14. The third-order valence-corrected chi connectivity index (χ3v) is 5.32. The summed E-state index contributed by atoms with van der Waals surface area (Å²) in [5.41, 5.74) is 9.21. The van der Waals surface area contributed by atoms with E-state index in [4.69, 9.17) is 0 Å². The van der Waals surface area contributed by atoms with Crippen LogP contribution in [-0.4, -0.2) is 0 Å². The van der Waals surface area contributed by atoms with E-state index in [-0.39, 0.29) is 0 Å². The van der Waals surface area contributed by atoms with Gasteiger partial charge < -0.3 is 0 Å². The van der Waals surface area contributed by atoms with Crippen molar-refractivity contribution in [3.05, 3.63) is 65.3 Å². The van der Waals surface area contributed by atoms with Crippen molar-refractivity contribution >= 4 is 5.57 Å². The van der Waals surface area contributed by atoms with Crippen LogP contribution in [0.5, 0.6) is 0 Å². The Kier molecular flexibility index (Phi) is 10.3. The van der Waals surface area contributed by atoms with Crippen molar-refractivity contribution in [1.82, 2.24) is 0 Å². The Hall–Kier alpha value is -1.56. The highest BCUT2D eigenvalue weighted by molar-refractivity contribution is 5.69. The quantitative estimate of drug-likeness (QED) is 0.246. The Morgan fingerprint density at radius 1 is 0.692 bits per heavy atom. The number of unbranched alkanes of at least 4 members (excludes halogenated alkanes) is 6. The molecular weight excluding hydrogens is 312 g/mol. The van der Waals surface area contributed by atoms with E-state index in [0.29, 0.717) is 0 Å². The minimum atomic E-state index is 0.935. The number of benzene rings is 1. The summed E-state index contributed by atoms with van der Waals surface area (Å²) >= 11 is 0. The maximum atomic E-state index is 4.33. The van der Waals surface area contributed by atoms with Gasteiger partial charge in [-0.05, 0) is 87.6 Å². The summed E-state index contributed by atoms with van der Waals surface area (Å²) in [6.07, 6.45) is 12.6. The lowest BCUT2D eigenvalue weighted by Crippen LogP contribution is -1.94. The second-order valence-corrected chi connectivity index (χ2v) is 8.21. The van der Waals surface area contributed by atoms with Gasteiger partial charge >= 0.3 is 0 Å². The van der Waals surface area contributed by atoms with Gasteiger partial charge in [-0.3, -0.25) is 0 Å². The number of rotatable bonds is 13. The van der Waals surface area contributed by atoms with E-state index in [0.717, 1.165) is 12.8 Å². The van der Waals surface area contributed by atoms with Gasteiger partial charge in [0.1, 0.15) is 0 Å². The molecule has 0 heterocycles. The number of allylic oxidation sites excluding steroid dienone is 3. The van der Waals surface area contributed by atoms with E-state index < -0.39 is 0 Å². The fraction of sp³-hybridized carbons (Fsp3) is 0.538. The maximum Gasteiger partial charge on any atom is -0.00696 e. The second kappa shape index (κ2) is 11.9. The Bertz CT molecular complexity index is 615. The Morgan fingerprint density at radius 2 is 1.19 bits per heavy atom. The van der Waals surface area contributed by atoms with E-state index in [1.54, 1.807) is 0 Å². The van der Waals surface area contributed by atoms with Gasteiger partial charge in [0.05, 0.1) is 0 Å². The molecule has 0 radical (unpaired) electrons. The van der Waals surface area contributed by atoms with Crippen LogP contribution in [-0.2, 0) is 0 Å². The molecule has 1 aromatic carbocycles. The first-order valence-corrected chi connectivity index (χ1v) is 10.4. The van der Waals surface area contributed by atoms with Crippen molar-refractivity contribution < 1.29 is 0 Å². The van der Waals surface area contributed by atoms with Gasteiger partial charge in [0.15, 0.2) is 0 Å². The van der Waals surface area contributed by atoms with Crippen molar-refractivity contribution in [3.63, 3.8) is 0 Å². The summed E-state index contributed by atoms with van der Waals surface area (Å²) in [6.45, 7) is 21.3. The largest absolute Gasteiger partial charge is 0.100 e. The van der Waals surface area contributed by atoms with E-state index in [9.17, 15) is 0 Å². The van der Waals surface area contributed by atoms with Crippen molar-refractivity contribution in [2.45, 2.75) is 91.9 Å². The Labute approximate surface area is 163 Å². The summed E-state index contributed by atoms with van der Waals surface area (Å²) in [5, 5.41) is 0. The molecule has 0 saturated carbocycles. The van der Waals surface area contributed by atoms with Crippen LogP contribution < -0.4 is 0 Å². The molecule has 26 heavy (non-hydrogen) atoms. The van der Waals surface area contributed by atoms with Crippen LogP contribution in [0.4, 0.5) is 0 Å². The predicted molar refractivity (Wildman–Crippen MR) is 120 cm³/mol. The van der Waals surface area contributed by atoms with Crippen LogP contribution in [0.1, 0.15) is 93.4 Å². The molecule has 0 aromatic heterocycles. The summed E-state index contributed by atoms with van der Waals surface area (Å²) in [7, 11) is 0. The standard InChI is InChI=1S/C26H40/c1-20(2)15-13-11-9-8-10-12-14-16-21(3)17-24(6)26-19-23(5)22(4)18-25(26)7/h18-19H,1,3,6,8-17H2,2,4-5,7H3.